The first-order valence-electron chi connectivity index (χ1n) is 12.7. The fourth-order valence-corrected chi connectivity index (χ4v) is 5.42. The molecular weight excluding hydrogens is 466 g/mol. The summed E-state index contributed by atoms with van der Waals surface area (Å²) in [6.45, 7) is 7.93. The van der Waals surface area contributed by atoms with Crippen LogP contribution in [0.4, 0.5) is 17.2 Å². The molecule has 0 radical (unpaired) electrons. The topological polar surface area (TPSA) is 108 Å². The van der Waals surface area contributed by atoms with Crippen LogP contribution in [-0.2, 0) is 6.54 Å². The summed E-state index contributed by atoms with van der Waals surface area (Å²) in [6.07, 6.45) is 7.69. The number of aromatic nitrogens is 4. The Bertz CT molecular complexity index is 1490. The molecule has 0 saturated carbocycles. The fourth-order valence-electron chi connectivity index (χ4n) is 5.42. The number of imidazole rings is 1. The molecule has 1 amide bonds. The second kappa shape index (κ2) is 8.85. The van der Waals surface area contributed by atoms with E-state index in [-0.39, 0.29) is 11.8 Å². The van der Waals surface area contributed by atoms with Gasteiger partial charge in [0.2, 0.25) is 5.78 Å². The molecule has 9 nitrogen and oxygen atoms in total. The maximum Gasteiger partial charge on any atom is 0.254 e. The monoisotopic (exact) mass is 497 g/mol. The molecular formula is C28H31N7O2. The molecule has 0 aliphatic carbocycles. The van der Waals surface area contributed by atoms with Gasteiger partial charge in [-0.15, -0.1) is 0 Å². The summed E-state index contributed by atoms with van der Waals surface area (Å²) >= 11 is 0. The largest absolute Gasteiger partial charge is 0.390 e. The summed E-state index contributed by atoms with van der Waals surface area (Å²) in [5, 5.41) is 16.8. The molecule has 1 fully saturated rings. The molecule has 3 aromatic heterocycles. The van der Waals surface area contributed by atoms with Crippen LogP contribution < -0.4 is 15.5 Å². The van der Waals surface area contributed by atoms with Crippen molar-refractivity contribution < 1.29 is 9.90 Å². The van der Waals surface area contributed by atoms with Crippen molar-refractivity contribution in [3.63, 3.8) is 0 Å². The van der Waals surface area contributed by atoms with E-state index in [1.165, 1.54) is 0 Å². The zero-order valence-electron chi connectivity index (χ0n) is 21.3. The maximum absolute atomic E-state index is 12.8. The van der Waals surface area contributed by atoms with E-state index in [9.17, 15) is 9.90 Å². The highest BCUT2D eigenvalue weighted by molar-refractivity contribution is 6.06. The zero-order valence-corrected chi connectivity index (χ0v) is 21.3. The van der Waals surface area contributed by atoms with Gasteiger partial charge in [0.25, 0.3) is 5.91 Å². The minimum Gasteiger partial charge on any atom is -0.390 e. The summed E-state index contributed by atoms with van der Waals surface area (Å²) < 4.78 is 1.95. The van der Waals surface area contributed by atoms with Crippen LogP contribution in [0.2, 0.25) is 0 Å². The van der Waals surface area contributed by atoms with Crippen LogP contribution in [0.15, 0.2) is 48.9 Å². The number of rotatable bonds is 5. The van der Waals surface area contributed by atoms with Crippen LogP contribution in [0.25, 0.3) is 17.0 Å². The highest BCUT2D eigenvalue weighted by Gasteiger charge is 2.31. The first kappa shape index (κ1) is 23.4. The van der Waals surface area contributed by atoms with E-state index >= 15 is 0 Å². The fraction of sp³-hybridized carbons (Fsp3) is 0.357. The Balaban J connectivity index is 1.27. The van der Waals surface area contributed by atoms with Crippen LogP contribution >= 0.6 is 0 Å². The van der Waals surface area contributed by atoms with Gasteiger partial charge in [-0.05, 0) is 63.4 Å². The van der Waals surface area contributed by atoms with E-state index in [4.69, 9.17) is 0 Å². The minimum atomic E-state index is -0.695. The first-order valence-corrected chi connectivity index (χ1v) is 12.7. The lowest BCUT2D eigenvalue weighted by Gasteiger charge is -2.39. The Morgan fingerprint density at radius 2 is 2.00 bits per heavy atom. The predicted molar refractivity (Wildman–Crippen MR) is 143 cm³/mol. The summed E-state index contributed by atoms with van der Waals surface area (Å²) in [5.41, 5.74) is 5.37. The molecule has 9 heteroatoms. The van der Waals surface area contributed by atoms with Crippen LogP contribution in [0.1, 0.15) is 48.3 Å². The van der Waals surface area contributed by atoms with Gasteiger partial charge in [-0.1, -0.05) is 6.07 Å². The van der Waals surface area contributed by atoms with Gasteiger partial charge in [-0.25, -0.2) is 15.0 Å². The SMILES string of the molecule is Cc1ccn2c(-c3ccc(Nc4ccc(N5CCCC(C(C)(C)O)C5)cn4)c4c3CNC4=O)cnc2n1. The number of anilines is 3. The van der Waals surface area contributed by atoms with E-state index in [2.05, 4.69) is 30.5 Å². The maximum atomic E-state index is 12.8. The third-order valence-corrected chi connectivity index (χ3v) is 7.56. The van der Waals surface area contributed by atoms with Gasteiger partial charge in [-0.3, -0.25) is 9.20 Å². The number of piperidine rings is 1. The molecule has 3 N–H and O–H groups in total. The molecule has 5 heterocycles. The Hall–Kier alpha value is -3.98. The molecule has 6 rings (SSSR count). The number of hydrogen-bond acceptors (Lipinski definition) is 7. The predicted octanol–water partition coefficient (Wildman–Crippen LogP) is 4.07. The quantitative estimate of drug-likeness (QED) is 0.381. The van der Waals surface area contributed by atoms with Crippen LogP contribution in [0.5, 0.6) is 0 Å². The Morgan fingerprint density at radius 3 is 2.78 bits per heavy atom. The number of amides is 1. The summed E-state index contributed by atoms with van der Waals surface area (Å²) in [7, 11) is 0. The van der Waals surface area contributed by atoms with Crippen molar-refractivity contribution in [1.82, 2.24) is 24.7 Å². The molecule has 1 unspecified atom stereocenters. The van der Waals surface area contributed by atoms with Gasteiger partial charge in [0.15, 0.2) is 0 Å². The standard InChI is InChI=1S/C28H31N7O2/c1-17-10-12-35-23(15-31-27(35)32-17)20-7-8-22(25-21(20)14-30-26(25)36)33-24-9-6-19(13-29-24)34-11-4-5-18(16-34)28(2,3)37/h6-10,12-13,15,18,37H,4-5,11,14,16H2,1-3H3,(H,29,33)(H,30,36). The molecule has 37 heavy (non-hydrogen) atoms. The normalized spacial score (nSPS) is 17.7. The van der Waals surface area contributed by atoms with Gasteiger partial charge in [-0.2, -0.15) is 0 Å². The third-order valence-electron chi connectivity index (χ3n) is 7.56. The number of aryl methyl sites for hydroxylation is 1. The van der Waals surface area contributed by atoms with Crippen molar-refractivity contribution in [3.8, 4) is 11.3 Å². The Kier molecular flexibility index (Phi) is 5.60. The van der Waals surface area contributed by atoms with Crippen molar-refractivity contribution in [3.05, 3.63) is 65.7 Å². The summed E-state index contributed by atoms with van der Waals surface area (Å²) in [5.74, 6) is 1.43. The number of hydrogen-bond donors (Lipinski definition) is 3. The number of fused-ring (bicyclic) bond motifs is 2. The lowest BCUT2D eigenvalue weighted by Crippen LogP contribution is -2.44. The lowest BCUT2D eigenvalue weighted by atomic mass is 9.84. The van der Waals surface area contributed by atoms with Gasteiger partial charge >= 0.3 is 0 Å². The molecule has 0 spiro atoms. The van der Waals surface area contributed by atoms with Gasteiger partial charge in [0, 0.05) is 43.0 Å². The van der Waals surface area contributed by atoms with E-state index in [1.807, 2.05) is 67.9 Å². The van der Waals surface area contributed by atoms with Crippen molar-refractivity contribution >= 4 is 28.9 Å². The smallest absolute Gasteiger partial charge is 0.254 e. The van der Waals surface area contributed by atoms with E-state index < -0.39 is 5.60 Å². The summed E-state index contributed by atoms with van der Waals surface area (Å²) in [4.78, 5) is 28.7. The van der Waals surface area contributed by atoms with Crippen molar-refractivity contribution in [2.75, 3.05) is 23.3 Å². The highest BCUT2D eigenvalue weighted by atomic mass is 16.3. The van der Waals surface area contributed by atoms with Gasteiger partial charge in [0.05, 0.1) is 40.6 Å². The average molecular weight is 498 g/mol. The van der Waals surface area contributed by atoms with Crippen LogP contribution in [0.3, 0.4) is 0 Å². The number of nitrogens with one attached hydrogen (secondary N) is 2. The zero-order chi connectivity index (χ0) is 25.7. The van der Waals surface area contributed by atoms with E-state index in [0.717, 1.165) is 59.8 Å². The molecule has 1 aromatic carbocycles. The van der Waals surface area contributed by atoms with Crippen LogP contribution in [-0.4, -0.2) is 49.1 Å². The second-order valence-corrected chi connectivity index (χ2v) is 10.5. The average Bonchev–Trinajstić information content (AvgIpc) is 3.48. The van der Waals surface area contributed by atoms with Gasteiger partial charge in [0.1, 0.15) is 5.82 Å². The molecule has 0 bridgehead atoms. The van der Waals surface area contributed by atoms with E-state index in [0.29, 0.717) is 23.7 Å². The number of carbonyl (C=O) groups is 1. The molecule has 1 saturated heterocycles. The first-order chi connectivity index (χ1) is 17.8. The van der Waals surface area contributed by atoms with E-state index in [1.54, 1.807) is 6.20 Å². The van der Waals surface area contributed by atoms with Crippen LogP contribution in [0, 0.1) is 12.8 Å². The molecule has 190 valence electrons. The number of nitrogens with zero attached hydrogens (tertiary/aromatic N) is 5. The summed E-state index contributed by atoms with van der Waals surface area (Å²) in [6, 6.07) is 9.87. The van der Waals surface area contributed by atoms with Gasteiger partial charge < -0.3 is 20.6 Å². The molecule has 2 aliphatic rings. The van der Waals surface area contributed by atoms with Crippen molar-refractivity contribution in [2.45, 2.75) is 45.8 Å². The Morgan fingerprint density at radius 1 is 1.14 bits per heavy atom. The Labute approximate surface area is 215 Å². The third kappa shape index (κ3) is 4.29. The van der Waals surface area contributed by atoms with Crippen molar-refractivity contribution in [2.24, 2.45) is 5.92 Å². The number of carbonyl (C=O) groups excluding carboxylic acids is 1. The molecule has 1 atom stereocenters. The number of benzene rings is 1. The number of pyridine rings is 1. The number of aliphatic hydroxyl groups is 1. The van der Waals surface area contributed by atoms with Crippen molar-refractivity contribution in [1.29, 1.82) is 0 Å². The molecule has 2 aliphatic heterocycles. The minimum absolute atomic E-state index is 0.107. The lowest BCUT2D eigenvalue weighted by molar-refractivity contribution is 0.0110. The molecule has 4 aromatic rings. The highest BCUT2D eigenvalue weighted by Crippen LogP contribution is 2.36. The second-order valence-electron chi connectivity index (χ2n) is 10.5.